The van der Waals surface area contributed by atoms with Gasteiger partial charge >= 0.3 is 5.97 Å². The summed E-state index contributed by atoms with van der Waals surface area (Å²) in [5.41, 5.74) is 0.916. The Bertz CT molecular complexity index is 889. The third-order valence-electron chi connectivity index (χ3n) is 3.34. The number of benzene rings is 1. The molecule has 0 unspecified atom stereocenters. The third kappa shape index (κ3) is 5.14. The van der Waals surface area contributed by atoms with Crippen LogP contribution in [-0.2, 0) is 24.3 Å². The average Bonchev–Trinajstić information content (AvgIpc) is 2.98. The van der Waals surface area contributed by atoms with E-state index in [4.69, 9.17) is 9.26 Å². The van der Waals surface area contributed by atoms with Crippen molar-refractivity contribution < 1.29 is 27.3 Å². The molecule has 0 saturated carbocycles. The van der Waals surface area contributed by atoms with Gasteiger partial charge < -0.3 is 14.6 Å². The van der Waals surface area contributed by atoms with E-state index in [0.29, 0.717) is 5.76 Å². The number of aryl methyl sites for hydroxylation is 2. The van der Waals surface area contributed by atoms with Gasteiger partial charge in [-0.2, -0.15) is 4.31 Å². The summed E-state index contributed by atoms with van der Waals surface area (Å²) >= 11 is 0. The van der Waals surface area contributed by atoms with Crippen molar-refractivity contribution in [3.63, 3.8) is 0 Å². The SMILES string of the molecule is Cc1ccc(S(=O)(=O)N(C)CC(=O)OCC(=O)Nc2cc(C)on2)cc1. The summed E-state index contributed by atoms with van der Waals surface area (Å²) in [5, 5.41) is 5.95. The Morgan fingerprint density at radius 3 is 2.46 bits per heavy atom. The Morgan fingerprint density at radius 2 is 1.88 bits per heavy atom. The van der Waals surface area contributed by atoms with E-state index in [-0.39, 0.29) is 10.7 Å². The molecule has 9 nitrogen and oxygen atoms in total. The summed E-state index contributed by atoms with van der Waals surface area (Å²) in [6.45, 7) is 2.41. The van der Waals surface area contributed by atoms with E-state index in [1.807, 2.05) is 6.92 Å². The van der Waals surface area contributed by atoms with Crippen molar-refractivity contribution in [2.45, 2.75) is 18.7 Å². The molecule has 0 saturated heterocycles. The number of carbonyl (C=O) groups is 2. The lowest BCUT2D eigenvalue weighted by molar-refractivity contribution is -0.147. The maximum atomic E-state index is 12.4. The number of sulfonamides is 1. The number of hydrogen-bond acceptors (Lipinski definition) is 7. The Labute approximate surface area is 151 Å². The van der Waals surface area contributed by atoms with Crippen LogP contribution in [0.3, 0.4) is 0 Å². The van der Waals surface area contributed by atoms with Crippen LogP contribution in [0.25, 0.3) is 0 Å². The molecular weight excluding hydrogens is 362 g/mol. The quantitative estimate of drug-likeness (QED) is 0.713. The summed E-state index contributed by atoms with van der Waals surface area (Å²) in [4.78, 5) is 23.5. The minimum atomic E-state index is -3.83. The molecule has 1 heterocycles. The first-order valence-corrected chi connectivity index (χ1v) is 9.04. The van der Waals surface area contributed by atoms with E-state index in [1.54, 1.807) is 19.1 Å². The number of esters is 1. The number of likely N-dealkylation sites (N-methyl/N-ethyl adjacent to an activating group) is 1. The highest BCUT2D eigenvalue weighted by molar-refractivity contribution is 7.89. The van der Waals surface area contributed by atoms with Crippen molar-refractivity contribution in [3.8, 4) is 0 Å². The summed E-state index contributed by atoms with van der Waals surface area (Å²) < 4.78 is 35.2. The van der Waals surface area contributed by atoms with Crippen LogP contribution in [0.1, 0.15) is 11.3 Å². The predicted molar refractivity (Wildman–Crippen MR) is 91.8 cm³/mol. The van der Waals surface area contributed by atoms with Crippen molar-refractivity contribution in [2.75, 3.05) is 25.5 Å². The molecule has 10 heteroatoms. The molecular formula is C16H19N3O6S. The van der Waals surface area contributed by atoms with E-state index in [1.165, 1.54) is 25.2 Å². The standard InChI is InChI=1S/C16H19N3O6S/c1-11-4-6-13(7-5-11)26(22,23)19(3)9-16(21)24-10-15(20)17-14-8-12(2)25-18-14/h4-8H,9-10H2,1-3H3,(H,17,18,20). The highest BCUT2D eigenvalue weighted by atomic mass is 32.2. The second-order valence-corrected chi connectivity index (χ2v) is 7.65. The highest BCUT2D eigenvalue weighted by Crippen LogP contribution is 2.14. The van der Waals surface area contributed by atoms with Gasteiger partial charge in [0, 0.05) is 13.1 Å². The van der Waals surface area contributed by atoms with E-state index < -0.39 is 35.1 Å². The highest BCUT2D eigenvalue weighted by Gasteiger charge is 2.23. The van der Waals surface area contributed by atoms with Crippen LogP contribution in [-0.4, -0.2) is 50.0 Å². The number of amides is 1. The first-order valence-electron chi connectivity index (χ1n) is 7.60. The summed E-state index contributed by atoms with van der Waals surface area (Å²) in [7, 11) is -2.57. The number of hydrogen-bond donors (Lipinski definition) is 1. The van der Waals surface area contributed by atoms with Crippen LogP contribution >= 0.6 is 0 Å². The van der Waals surface area contributed by atoms with Gasteiger partial charge in [0.15, 0.2) is 12.4 Å². The number of anilines is 1. The van der Waals surface area contributed by atoms with Crippen LogP contribution < -0.4 is 5.32 Å². The molecule has 2 aromatic rings. The van der Waals surface area contributed by atoms with Gasteiger partial charge in [-0.15, -0.1) is 0 Å². The summed E-state index contributed by atoms with van der Waals surface area (Å²) in [6, 6.07) is 7.74. The Morgan fingerprint density at radius 1 is 1.23 bits per heavy atom. The zero-order chi connectivity index (χ0) is 19.3. The van der Waals surface area contributed by atoms with Gasteiger partial charge in [0.2, 0.25) is 10.0 Å². The largest absolute Gasteiger partial charge is 0.455 e. The Hall–Kier alpha value is -2.72. The minimum Gasteiger partial charge on any atom is -0.455 e. The van der Waals surface area contributed by atoms with Crippen LogP contribution in [0, 0.1) is 13.8 Å². The van der Waals surface area contributed by atoms with Crippen LogP contribution in [0.5, 0.6) is 0 Å². The fourth-order valence-electron chi connectivity index (χ4n) is 1.95. The molecule has 1 N–H and O–H groups in total. The zero-order valence-electron chi connectivity index (χ0n) is 14.6. The van der Waals surface area contributed by atoms with Crippen molar-refractivity contribution in [3.05, 3.63) is 41.7 Å². The predicted octanol–water partition coefficient (Wildman–Crippen LogP) is 1.09. The minimum absolute atomic E-state index is 0.0672. The molecule has 0 radical (unpaired) electrons. The van der Waals surface area contributed by atoms with Crippen LogP contribution in [0.2, 0.25) is 0 Å². The van der Waals surface area contributed by atoms with E-state index in [9.17, 15) is 18.0 Å². The van der Waals surface area contributed by atoms with Gasteiger partial charge in [0.25, 0.3) is 5.91 Å². The number of aromatic nitrogens is 1. The lowest BCUT2D eigenvalue weighted by atomic mass is 10.2. The molecule has 0 atom stereocenters. The van der Waals surface area contributed by atoms with Gasteiger partial charge in [0.05, 0.1) is 4.90 Å². The van der Waals surface area contributed by atoms with Gasteiger partial charge in [-0.05, 0) is 26.0 Å². The van der Waals surface area contributed by atoms with Crippen LogP contribution in [0.4, 0.5) is 5.82 Å². The molecule has 0 aliphatic heterocycles. The summed E-state index contributed by atoms with van der Waals surface area (Å²) in [6.07, 6.45) is 0. The second-order valence-electron chi connectivity index (χ2n) is 5.61. The molecule has 0 aliphatic carbocycles. The maximum Gasteiger partial charge on any atom is 0.321 e. The van der Waals surface area contributed by atoms with E-state index >= 15 is 0 Å². The fraction of sp³-hybridized carbons (Fsp3) is 0.312. The van der Waals surface area contributed by atoms with Crippen LogP contribution in [0.15, 0.2) is 39.8 Å². The maximum absolute atomic E-state index is 12.4. The first-order chi connectivity index (χ1) is 12.2. The average molecular weight is 381 g/mol. The van der Waals surface area contributed by atoms with Gasteiger partial charge in [-0.1, -0.05) is 22.9 Å². The fourth-order valence-corrected chi connectivity index (χ4v) is 3.07. The topological polar surface area (TPSA) is 119 Å². The molecule has 26 heavy (non-hydrogen) atoms. The van der Waals surface area contributed by atoms with Crippen molar-refractivity contribution in [1.82, 2.24) is 9.46 Å². The lowest BCUT2D eigenvalue weighted by Gasteiger charge is -2.16. The lowest BCUT2D eigenvalue weighted by Crippen LogP contribution is -2.34. The molecule has 1 aromatic carbocycles. The molecule has 0 bridgehead atoms. The molecule has 2 rings (SSSR count). The monoisotopic (exact) mass is 381 g/mol. The number of nitrogens with one attached hydrogen (secondary N) is 1. The van der Waals surface area contributed by atoms with Crippen molar-refractivity contribution >= 4 is 27.7 Å². The number of carbonyl (C=O) groups excluding carboxylic acids is 2. The zero-order valence-corrected chi connectivity index (χ0v) is 15.4. The van der Waals surface area contributed by atoms with Gasteiger partial charge in [0.1, 0.15) is 12.3 Å². The number of ether oxygens (including phenoxy) is 1. The smallest absolute Gasteiger partial charge is 0.321 e. The number of rotatable bonds is 7. The number of nitrogens with zero attached hydrogens (tertiary/aromatic N) is 2. The van der Waals surface area contributed by atoms with Crippen molar-refractivity contribution in [1.29, 1.82) is 0 Å². The van der Waals surface area contributed by atoms with E-state index in [0.717, 1.165) is 9.87 Å². The molecule has 0 fully saturated rings. The molecule has 140 valence electrons. The Balaban J connectivity index is 1.86. The molecule has 1 aromatic heterocycles. The molecule has 0 aliphatic rings. The van der Waals surface area contributed by atoms with Gasteiger partial charge in [-0.25, -0.2) is 8.42 Å². The van der Waals surface area contributed by atoms with Crippen molar-refractivity contribution in [2.24, 2.45) is 0 Å². The first kappa shape index (κ1) is 19.6. The second kappa shape index (κ2) is 8.11. The van der Waals surface area contributed by atoms with E-state index in [2.05, 4.69) is 10.5 Å². The molecule has 0 spiro atoms. The Kier molecular flexibility index (Phi) is 6.11. The van der Waals surface area contributed by atoms with Gasteiger partial charge in [-0.3, -0.25) is 9.59 Å². The third-order valence-corrected chi connectivity index (χ3v) is 5.16. The molecule has 1 amide bonds. The summed E-state index contributed by atoms with van der Waals surface area (Å²) in [5.74, 6) is -0.756. The normalized spacial score (nSPS) is 11.4.